The number of rotatable bonds is 9. The summed E-state index contributed by atoms with van der Waals surface area (Å²) in [4.78, 5) is 43.1. The van der Waals surface area contributed by atoms with E-state index in [1.807, 2.05) is 11.8 Å². The number of hydrogen-bond acceptors (Lipinski definition) is 7. The van der Waals surface area contributed by atoms with Crippen LogP contribution in [0.15, 0.2) is 18.2 Å². The third kappa shape index (κ3) is 12.8. The van der Waals surface area contributed by atoms with Crippen molar-refractivity contribution in [2.24, 2.45) is 0 Å². The van der Waals surface area contributed by atoms with E-state index in [0.29, 0.717) is 19.3 Å². The number of anilines is 1. The molecule has 2 N–H and O–H groups in total. The third-order valence-electron chi connectivity index (χ3n) is 6.66. The number of aromatic nitrogens is 2. The lowest BCUT2D eigenvalue weighted by molar-refractivity contribution is -0.154. The van der Waals surface area contributed by atoms with E-state index in [4.69, 9.17) is 9.47 Å². The van der Waals surface area contributed by atoms with E-state index in [0.717, 1.165) is 18.2 Å². The Bertz CT molecular complexity index is 1910. The quantitative estimate of drug-likeness (QED) is 0.0761. The predicted octanol–water partition coefficient (Wildman–Crippen LogP) is 7.51. The van der Waals surface area contributed by atoms with Gasteiger partial charge in [-0.25, -0.2) is 22.4 Å². The molecule has 0 aliphatic carbocycles. The number of esters is 1. The van der Waals surface area contributed by atoms with Crippen LogP contribution in [0.4, 0.5) is 45.6 Å². The zero-order chi connectivity index (χ0) is 40.5. The molecule has 0 aliphatic heterocycles. The van der Waals surface area contributed by atoms with Crippen molar-refractivity contribution in [2.45, 2.75) is 90.9 Å². The second-order valence-electron chi connectivity index (χ2n) is 13.6. The van der Waals surface area contributed by atoms with Gasteiger partial charge in [-0.1, -0.05) is 36.5 Å². The zero-order valence-electron chi connectivity index (χ0n) is 29.8. The lowest BCUT2D eigenvalue weighted by Crippen LogP contribution is -2.45. The van der Waals surface area contributed by atoms with Crippen LogP contribution in [0, 0.1) is 70.7 Å². The number of alkyl carbamates (subject to hydrolysis) is 1. The molecular weight excluding hydrogens is 732 g/mol. The molecule has 288 valence electrons. The van der Waals surface area contributed by atoms with Gasteiger partial charge >= 0.3 is 12.1 Å². The molecular formula is C37H34F8N4O5. The summed E-state index contributed by atoms with van der Waals surface area (Å²) in [6.07, 6.45) is 0.342. The highest BCUT2D eigenvalue weighted by molar-refractivity contribution is 5.97. The van der Waals surface area contributed by atoms with Gasteiger partial charge in [0.15, 0.2) is 23.3 Å². The predicted molar refractivity (Wildman–Crippen MR) is 177 cm³/mol. The van der Waals surface area contributed by atoms with Crippen LogP contribution < -0.4 is 10.6 Å². The monoisotopic (exact) mass is 766 g/mol. The third-order valence-corrected chi connectivity index (χ3v) is 6.66. The fourth-order valence-corrected chi connectivity index (χ4v) is 4.44. The molecule has 17 heteroatoms. The lowest BCUT2D eigenvalue weighted by Gasteiger charge is -2.23. The van der Waals surface area contributed by atoms with Gasteiger partial charge in [0.05, 0.1) is 0 Å². The normalized spacial score (nSPS) is 11.7. The SMILES string of the molecule is CC(C)(C)OC(=O)CCCCC[C@H](NC(=O)OC(C)(C)C)C(=O)Nc1cc(C#Cc2c(F)c(F)nc(F)c2F)cc(C#Cc2c(F)c(F)nc(F)c2F)c1. The number of halogens is 8. The summed E-state index contributed by atoms with van der Waals surface area (Å²) in [6.45, 7) is 9.94. The van der Waals surface area contributed by atoms with E-state index in [1.54, 1.807) is 41.5 Å². The van der Waals surface area contributed by atoms with Gasteiger partial charge in [0.2, 0.25) is 5.91 Å². The number of pyridine rings is 2. The molecule has 54 heavy (non-hydrogen) atoms. The highest BCUT2D eigenvalue weighted by atomic mass is 19.2. The molecule has 2 heterocycles. The first-order valence-corrected chi connectivity index (χ1v) is 16.2. The second kappa shape index (κ2) is 17.9. The maximum Gasteiger partial charge on any atom is 0.408 e. The Labute approximate surface area is 305 Å². The molecule has 1 aromatic carbocycles. The average Bonchev–Trinajstić information content (AvgIpc) is 3.04. The smallest absolute Gasteiger partial charge is 0.408 e. The van der Waals surface area contributed by atoms with Crippen molar-refractivity contribution in [1.29, 1.82) is 0 Å². The van der Waals surface area contributed by atoms with Gasteiger partial charge in [0.25, 0.3) is 23.8 Å². The van der Waals surface area contributed by atoms with Gasteiger partial charge < -0.3 is 20.1 Å². The van der Waals surface area contributed by atoms with Crippen molar-refractivity contribution in [2.75, 3.05) is 5.32 Å². The van der Waals surface area contributed by atoms with Gasteiger partial charge in [0.1, 0.15) is 28.4 Å². The maximum absolute atomic E-state index is 14.2. The molecule has 1 atom stereocenters. The molecule has 3 aromatic rings. The summed E-state index contributed by atoms with van der Waals surface area (Å²) >= 11 is 0. The topological polar surface area (TPSA) is 120 Å². The van der Waals surface area contributed by atoms with Gasteiger partial charge in [0, 0.05) is 23.2 Å². The molecule has 2 aromatic heterocycles. The fourth-order valence-electron chi connectivity index (χ4n) is 4.44. The van der Waals surface area contributed by atoms with Gasteiger partial charge in [-0.2, -0.15) is 27.5 Å². The summed E-state index contributed by atoms with van der Waals surface area (Å²) in [6, 6.07) is 2.00. The molecule has 0 unspecified atom stereocenters. The van der Waals surface area contributed by atoms with E-state index >= 15 is 0 Å². The number of carbonyl (C=O) groups excluding carboxylic acids is 3. The van der Waals surface area contributed by atoms with Gasteiger partial charge in [-0.05, 0) is 72.6 Å². The van der Waals surface area contributed by atoms with Crippen molar-refractivity contribution in [3.8, 4) is 23.7 Å². The number of hydrogen-bond donors (Lipinski definition) is 2. The van der Waals surface area contributed by atoms with Crippen molar-refractivity contribution in [1.82, 2.24) is 15.3 Å². The number of nitrogens with one attached hydrogen (secondary N) is 2. The summed E-state index contributed by atoms with van der Waals surface area (Å²) in [5.41, 5.74) is -4.99. The van der Waals surface area contributed by atoms with E-state index in [2.05, 4.69) is 32.4 Å². The van der Waals surface area contributed by atoms with Crippen LogP contribution in [0.25, 0.3) is 0 Å². The lowest BCUT2D eigenvalue weighted by atomic mass is 10.0. The average molecular weight is 767 g/mol. The van der Waals surface area contributed by atoms with Crippen LogP contribution in [0.1, 0.15) is 95.9 Å². The number of unbranched alkanes of at least 4 members (excludes halogenated alkanes) is 2. The van der Waals surface area contributed by atoms with Crippen LogP contribution >= 0.6 is 0 Å². The van der Waals surface area contributed by atoms with Gasteiger partial charge in [-0.15, -0.1) is 0 Å². The second-order valence-corrected chi connectivity index (χ2v) is 13.6. The summed E-state index contributed by atoms with van der Waals surface area (Å²) < 4.78 is 122. The number of benzene rings is 1. The number of nitrogens with zero attached hydrogens (tertiary/aromatic N) is 2. The van der Waals surface area contributed by atoms with E-state index < -0.39 is 93.4 Å². The number of amides is 2. The molecule has 0 bridgehead atoms. The van der Waals surface area contributed by atoms with Gasteiger partial charge in [-0.3, -0.25) is 9.59 Å². The minimum Gasteiger partial charge on any atom is -0.460 e. The van der Waals surface area contributed by atoms with Crippen molar-refractivity contribution in [3.63, 3.8) is 0 Å². The van der Waals surface area contributed by atoms with Crippen molar-refractivity contribution >= 4 is 23.7 Å². The Morgan fingerprint density at radius 1 is 0.648 bits per heavy atom. The first-order chi connectivity index (χ1) is 25.0. The van der Waals surface area contributed by atoms with Crippen LogP contribution in [0.2, 0.25) is 0 Å². The standard InChI is InChI=1S/C37H34F8N4O5/c1-36(2,3)53-25(50)11-9-7-8-10-24(47-35(52)54-37(4,5)6)34(51)46-21-17-19(12-14-22-26(38)30(42)48-31(43)27(22)39)16-20(18-21)13-15-23-28(40)32(44)49-33(45)29(23)41/h16-18,24H,7-11H2,1-6H3,(H,46,51)(H,47,52)/t24-/m0/s1. The summed E-state index contributed by atoms with van der Waals surface area (Å²) in [5.74, 6) is -8.58. The highest BCUT2D eigenvalue weighted by Gasteiger charge is 2.25. The minimum atomic E-state index is -1.99. The minimum absolute atomic E-state index is 0.0288. The Balaban J connectivity index is 2.00. The summed E-state index contributed by atoms with van der Waals surface area (Å²) in [5, 5.41) is 4.93. The molecule has 0 saturated heterocycles. The Hall–Kier alpha value is -5.71. The molecule has 0 aliphatic rings. The van der Waals surface area contributed by atoms with Crippen LogP contribution in [0.5, 0.6) is 0 Å². The molecule has 3 rings (SSSR count). The number of carbonyl (C=O) groups is 3. The first-order valence-electron chi connectivity index (χ1n) is 16.2. The molecule has 0 radical (unpaired) electrons. The van der Waals surface area contributed by atoms with Crippen LogP contribution in [0.3, 0.4) is 0 Å². The first kappa shape index (κ1) is 42.7. The molecule has 2 amide bonds. The van der Waals surface area contributed by atoms with E-state index in [1.165, 1.54) is 0 Å². The van der Waals surface area contributed by atoms with E-state index in [9.17, 15) is 49.5 Å². The Morgan fingerprint density at radius 2 is 1.09 bits per heavy atom. The molecule has 9 nitrogen and oxygen atoms in total. The molecule has 0 saturated carbocycles. The van der Waals surface area contributed by atoms with Crippen LogP contribution in [-0.2, 0) is 19.1 Å². The zero-order valence-corrected chi connectivity index (χ0v) is 29.8. The Morgan fingerprint density at radius 3 is 1.52 bits per heavy atom. The molecule has 0 fully saturated rings. The fraction of sp³-hybridized carbons (Fsp3) is 0.378. The molecule has 0 spiro atoms. The van der Waals surface area contributed by atoms with E-state index in [-0.39, 0.29) is 29.7 Å². The summed E-state index contributed by atoms with van der Waals surface area (Å²) in [7, 11) is 0. The Kier molecular flexibility index (Phi) is 14.1. The van der Waals surface area contributed by atoms with Crippen molar-refractivity contribution in [3.05, 3.63) is 87.5 Å². The largest absolute Gasteiger partial charge is 0.460 e. The number of ether oxygens (including phenoxy) is 2. The maximum atomic E-state index is 14.2. The van der Waals surface area contributed by atoms with Crippen LogP contribution in [-0.4, -0.2) is 45.2 Å². The van der Waals surface area contributed by atoms with Crippen molar-refractivity contribution < 1.29 is 59.0 Å². The highest BCUT2D eigenvalue weighted by Crippen LogP contribution is 2.21.